The molecule has 0 aromatic heterocycles. The molecule has 0 heterocycles. The molecule has 1 aromatic carbocycles. The van der Waals surface area contributed by atoms with Crippen LogP contribution < -0.4 is 0 Å². The van der Waals surface area contributed by atoms with E-state index >= 15 is 0 Å². The third kappa shape index (κ3) is 2.39. The lowest BCUT2D eigenvalue weighted by molar-refractivity contribution is -0.0268. The van der Waals surface area contributed by atoms with Gasteiger partial charge in [-0.05, 0) is 6.07 Å². The first-order valence-electron chi connectivity index (χ1n) is 3.81. The van der Waals surface area contributed by atoms with Crippen LogP contribution in [0.15, 0.2) is 24.3 Å². The van der Waals surface area contributed by atoms with Gasteiger partial charge in [0.2, 0.25) is 0 Å². The van der Waals surface area contributed by atoms with Crippen molar-refractivity contribution >= 4 is 11.6 Å². The molecule has 1 rings (SSSR count). The Morgan fingerprint density at radius 2 is 1.92 bits per heavy atom. The fraction of sp³-hybridized carbons (Fsp3) is 0.333. The van der Waals surface area contributed by atoms with Crippen molar-refractivity contribution in [1.82, 2.24) is 0 Å². The van der Waals surface area contributed by atoms with E-state index in [4.69, 9.17) is 16.7 Å². The molecule has 0 unspecified atom stereocenters. The first-order chi connectivity index (χ1) is 6.08. The third-order valence-electron chi connectivity index (χ3n) is 1.69. The van der Waals surface area contributed by atoms with Crippen LogP contribution in [0, 0.1) is 0 Å². The molecule has 0 amide bonds. The smallest absolute Gasteiger partial charge is 0.276 e. The van der Waals surface area contributed by atoms with Crippen molar-refractivity contribution in [3.8, 4) is 0 Å². The zero-order valence-electron chi connectivity index (χ0n) is 6.80. The number of alkyl halides is 2. The molecule has 0 saturated carbocycles. The van der Waals surface area contributed by atoms with Gasteiger partial charge in [0, 0.05) is 23.6 Å². The van der Waals surface area contributed by atoms with Crippen molar-refractivity contribution in [2.75, 3.05) is 6.61 Å². The van der Waals surface area contributed by atoms with Crippen LogP contribution >= 0.6 is 11.6 Å². The van der Waals surface area contributed by atoms with Gasteiger partial charge in [0.1, 0.15) is 0 Å². The fourth-order valence-corrected chi connectivity index (χ4v) is 1.31. The van der Waals surface area contributed by atoms with Crippen LogP contribution in [0.3, 0.4) is 0 Å². The van der Waals surface area contributed by atoms with Crippen LogP contribution in [-0.4, -0.2) is 11.7 Å². The SMILES string of the molecule is OCCC(F)(F)c1ccccc1Cl. The molecular formula is C9H9ClF2O. The highest BCUT2D eigenvalue weighted by molar-refractivity contribution is 6.31. The van der Waals surface area contributed by atoms with Gasteiger partial charge >= 0.3 is 0 Å². The number of aliphatic hydroxyl groups excluding tert-OH is 1. The van der Waals surface area contributed by atoms with Gasteiger partial charge in [0.05, 0.1) is 0 Å². The van der Waals surface area contributed by atoms with Gasteiger partial charge < -0.3 is 5.11 Å². The predicted octanol–water partition coefficient (Wildman–Crippen LogP) is 2.81. The molecule has 0 radical (unpaired) electrons. The summed E-state index contributed by atoms with van der Waals surface area (Å²) < 4.78 is 26.3. The van der Waals surface area contributed by atoms with Crippen molar-refractivity contribution in [3.05, 3.63) is 34.9 Å². The summed E-state index contributed by atoms with van der Waals surface area (Å²) >= 11 is 5.58. The lowest BCUT2D eigenvalue weighted by Gasteiger charge is -2.16. The van der Waals surface area contributed by atoms with Gasteiger partial charge in [-0.3, -0.25) is 0 Å². The lowest BCUT2D eigenvalue weighted by atomic mass is 10.1. The molecule has 0 aliphatic heterocycles. The van der Waals surface area contributed by atoms with E-state index in [9.17, 15) is 8.78 Å². The van der Waals surface area contributed by atoms with Gasteiger partial charge in [-0.15, -0.1) is 0 Å². The molecular weight excluding hydrogens is 198 g/mol. The zero-order chi connectivity index (χ0) is 9.90. The summed E-state index contributed by atoms with van der Waals surface area (Å²) in [5.41, 5.74) is -0.231. The monoisotopic (exact) mass is 206 g/mol. The quantitative estimate of drug-likeness (QED) is 0.807. The Bertz CT molecular complexity index is 289. The van der Waals surface area contributed by atoms with Crippen LogP contribution in [-0.2, 0) is 5.92 Å². The zero-order valence-corrected chi connectivity index (χ0v) is 7.56. The fourth-order valence-electron chi connectivity index (χ4n) is 1.03. The van der Waals surface area contributed by atoms with E-state index in [0.29, 0.717) is 0 Å². The maximum absolute atomic E-state index is 13.2. The largest absolute Gasteiger partial charge is 0.396 e. The molecule has 13 heavy (non-hydrogen) atoms. The van der Waals surface area contributed by atoms with E-state index < -0.39 is 19.0 Å². The molecule has 1 nitrogen and oxygen atoms in total. The minimum absolute atomic E-state index is 0.0287. The van der Waals surface area contributed by atoms with E-state index in [1.807, 2.05) is 0 Å². The van der Waals surface area contributed by atoms with Crippen LogP contribution in [0.25, 0.3) is 0 Å². The van der Waals surface area contributed by atoms with Gasteiger partial charge in [-0.2, -0.15) is 0 Å². The molecule has 0 spiro atoms. The summed E-state index contributed by atoms with van der Waals surface area (Å²) in [6.07, 6.45) is -0.600. The average Bonchev–Trinajstić information content (AvgIpc) is 2.04. The highest BCUT2D eigenvalue weighted by Crippen LogP contribution is 2.35. The Morgan fingerprint density at radius 3 is 2.46 bits per heavy atom. The van der Waals surface area contributed by atoms with Gasteiger partial charge in [0.25, 0.3) is 5.92 Å². The summed E-state index contributed by atoms with van der Waals surface area (Å²) in [5.74, 6) is -3.05. The Kier molecular flexibility index (Phi) is 3.22. The van der Waals surface area contributed by atoms with Crippen molar-refractivity contribution < 1.29 is 13.9 Å². The second-order valence-corrected chi connectivity index (χ2v) is 3.07. The minimum atomic E-state index is -3.05. The summed E-state index contributed by atoms with van der Waals surface area (Å²) in [7, 11) is 0. The molecule has 1 aromatic rings. The summed E-state index contributed by atoms with van der Waals surface area (Å²) in [4.78, 5) is 0. The highest BCUT2D eigenvalue weighted by Gasteiger charge is 2.32. The lowest BCUT2D eigenvalue weighted by Crippen LogP contribution is -2.15. The summed E-state index contributed by atoms with van der Waals surface area (Å²) in [6.45, 7) is -0.557. The van der Waals surface area contributed by atoms with Crippen molar-refractivity contribution in [2.24, 2.45) is 0 Å². The molecule has 72 valence electrons. The Hall–Kier alpha value is -0.670. The second-order valence-electron chi connectivity index (χ2n) is 2.66. The Morgan fingerprint density at radius 1 is 1.31 bits per heavy atom. The first-order valence-corrected chi connectivity index (χ1v) is 4.19. The van der Waals surface area contributed by atoms with E-state index in [2.05, 4.69) is 0 Å². The van der Waals surface area contributed by atoms with Crippen molar-refractivity contribution in [2.45, 2.75) is 12.3 Å². The number of rotatable bonds is 3. The van der Waals surface area contributed by atoms with Crippen molar-refractivity contribution in [3.63, 3.8) is 0 Å². The number of hydrogen-bond donors (Lipinski definition) is 1. The third-order valence-corrected chi connectivity index (χ3v) is 2.02. The first kappa shape index (κ1) is 10.4. The molecule has 0 aliphatic carbocycles. The second kappa shape index (κ2) is 4.03. The molecule has 4 heteroatoms. The molecule has 0 bridgehead atoms. The minimum Gasteiger partial charge on any atom is -0.396 e. The van der Waals surface area contributed by atoms with Gasteiger partial charge in [0.15, 0.2) is 0 Å². The summed E-state index contributed by atoms with van der Waals surface area (Å²) in [6, 6.07) is 5.74. The number of halogens is 3. The Balaban J connectivity index is 2.99. The maximum Gasteiger partial charge on any atom is 0.276 e. The van der Waals surface area contributed by atoms with Crippen molar-refractivity contribution in [1.29, 1.82) is 0 Å². The molecule has 0 saturated heterocycles. The molecule has 0 fully saturated rings. The molecule has 0 aliphatic rings. The van der Waals surface area contributed by atoms with Crippen LogP contribution in [0.2, 0.25) is 5.02 Å². The maximum atomic E-state index is 13.2. The normalized spacial score (nSPS) is 11.7. The van der Waals surface area contributed by atoms with E-state index in [0.717, 1.165) is 0 Å². The average molecular weight is 207 g/mol. The number of aliphatic hydroxyl groups is 1. The van der Waals surface area contributed by atoms with Gasteiger partial charge in [-0.1, -0.05) is 29.8 Å². The predicted molar refractivity (Wildman–Crippen MR) is 47.0 cm³/mol. The number of hydrogen-bond acceptors (Lipinski definition) is 1. The topological polar surface area (TPSA) is 20.2 Å². The standard InChI is InChI=1S/C9H9ClF2O/c10-8-4-2-1-3-7(8)9(11,12)5-6-13/h1-4,13H,5-6H2. The Labute approximate surface area is 80.0 Å². The van der Waals surface area contributed by atoms with E-state index in [-0.39, 0.29) is 10.6 Å². The van der Waals surface area contributed by atoms with E-state index in [1.165, 1.54) is 18.2 Å². The molecule has 1 N–H and O–H groups in total. The van der Waals surface area contributed by atoms with Gasteiger partial charge in [-0.25, -0.2) is 8.78 Å². The van der Waals surface area contributed by atoms with Crippen LogP contribution in [0.1, 0.15) is 12.0 Å². The molecule has 0 atom stereocenters. The summed E-state index contributed by atoms with van der Waals surface area (Å²) in [5, 5.41) is 8.46. The number of benzene rings is 1. The highest BCUT2D eigenvalue weighted by atomic mass is 35.5. The van der Waals surface area contributed by atoms with E-state index in [1.54, 1.807) is 6.07 Å². The van der Waals surface area contributed by atoms with Crippen LogP contribution in [0.5, 0.6) is 0 Å². The van der Waals surface area contributed by atoms with Crippen LogP contribution in [0.4, 0.5) is 8.78 Å².